The van der Waals surface area contributed by atoms with E-state index >= 15 is 0 Å². The van der Waals surface area contributed by atoms with Crippen molar-refractivity contribution in [2.45, 2.75) is 43.5 Å². The van der Waals surface area contributed by atoms with Gasteiger partial charge in [0.05, 0.1) is 29.4 Å². The monoisotopic (exact) mass is 369 g/mol. The fourth-order valence-electron chi connectivity index (χ4n) is 3.59. The maximum Gasteiger partial charge on any atom is 0.239 e. The zero-order valence-electron chi connectivity index (χ0n) is 14.2. The van der Waals surface area contributed by atoms with Crippen LogP contribution in [0.4, 0.5) is 5.82 Å². The Morgan fingerprint density at radius 3 is 2.80 bits per heavy atom. The molecule has 7 nitrogen and oxygen atoms in total. The van der Waals surface area contributed by atoms with E-state index in [0.717, 1.165) is 0 Å². The van der Waals surface area contributed by atoms with Crippen molar-refractivity contribution in [3.63, 3.8) is 0 Å². The highest BCUT2D eigenvalue weighted by atomic mass is 35.5. The van der Waals surface area contributed by atoms with Gasteiger partial charge in [0.25, 0.3) is 0 Å². The highest BCUT2D eigenvalue weighted by molar-refractivity contribution is 6.30. The summed E-state index contributed by atoms with van der Waals surface area (Å²) in [6, 6.07) is 3.32. The van der Waals surface area contributed by atoms with Crippen LogP contribution in [0.3, 0.4) is 0 Å². The molecular formula is C17H24ClN3O4. The topological polar surface area (TPSA) is 94.9 Å². The number of halogens is 1. The number of amides is 1. The number of anilines is 1. The van der Waals surface area contributed by atoms with E-state index < -0.39 is 17.3 Å². The standard InChI is InChI=1S/C17H24ClN3O4/c1-16(24)6-9-25-17(15(16)23)4-7-21(8-5-17)11-14(22)20-13-3-2-12(18)10-19-13/h2-3,10,15,23-24H,4-9,11H2,1H3,(H,19,20,22)/t15-,16+/m0/s1. The summed E-state index contributed by atoms with van der Waals surface area (Å²) in [5.41, 5.74) is -1.84. The number of nitrogens with one attached hydrogen (secondary N) is 1. The molecule has 0 aromatic carbocycles. The van der Waals surface area contributed by atoms with Gasteiger partial charge < -0.3 is 20.3 Å². The first kappa shape index (κ1) is 18.5. The minimum Gasteiger partial charge on any atom is -0.387 e. The Morgan fingerprint density at radius 1 is 1.44 bits per heavy atom. The summed E-state index contributed by atoms with van der Waals surface area (Å²) in [6.07, 6.45) is 2.15. The number of hydrogen-bond donors (Lipinski definition) is 3. The average molecular weight is 370 g/mol. The number of piperidine rings is 1. The third-order valence-electron chi connectivity index (χ3n) is 5.15. The molecule has 0 saturated carbocycles. The van der Waals surface area contributed by atoms with Crippen LogP contribution in [0.5, 0.6) is 0 Å². The van der Waals surface area contributed by atoms with Gasteiger partial charge in [-0.25, -0.2) is 4.98 Å². The number of likely N-dealkylation sites (tertiary alicyclic amines) is 1. The van der Waals surface area contributed by atoms with Crippen LogP contribution in [-0.4, -0.2) is 69.6 Å². The summed E-state index contributed by atoms with van der Waals surface area (Å²) >= 11 is 5.77. The number of hydrogen-bond acceptors (Lipinski definition) is 6. The van der Waals surface area contributed by atoms with Gasteiger partial charge in [-0.3, -0.25) is 9.69 Å². The van der Waals surface area contributed by atoms with Crippen molar-refractivity contribution in [2.75, 3.05) is 31.6 Å². The summed E-state index contributed by atoms with van der Waals surface area (Å²) in [5.74, 6) is 0.313. The van der Waals surface area contributed by atoms with E-state index in [1.807, 2.05) is 4.90 Å². The zero-order chi connectivity index (χ0) is 18.1. The highest BCUT2D eigenvalue weighted by Gasteiger charge is 2.52. The van der Waals surface area contributed by atoms with Crippen molar-refractivity contribution >= 4 is 23.3 Å². The number of carbonyl (C=O) groups is 1. The number of pyridine rings is 1. The van der Waals surface area contributed by atoms with Gasteiger partial charge in [0.1, 0.15) is 11.9 Å². The Morgan fingerprint density at radius 2 is 2.16 bits per heavy atom. The summed E-state index contributed by atoms with van der Waals surface area (Å²) in [6.45, 7) is 3.57. The molecule has 3 N–H and O–H groups in total. The predicted octanol–water partition coefficient (Wildman–Crippen LogP) is 1.04. The second-order valence-electron chi connectivity index (χ2n) is 7.11. The lowest BCUT2D eigenvalue weighted by Crippen LogP contribution is -2.64. The predicted molar refractivity (Wildman–Crippen MR) is 93.5 cm³/mol. The van der Waals surface area contributed by atoms with Gasteiger partial charge in [0.2, 0.25) is 5.91 Å². The maximum atomic E-state index is 12.2. The third-order valence-corrected chi connectivity index (χ3v) is 5.37. The SMILES string of the molecule is C[C@@]1(O)CCOC2(CCN(CC(=O)Nc3ccc(Cl)cn3)CC2)[C@H]1O. The fourth-order valence-corrected chi connectivity index (χ4v) is 3.70. The Labute approximate surface area is 151 Å². The van der Waals surface area contributed by atoms with E-state index in [4.69, 9.17) is 16.3 Å². The van der Waals surface area contributed by atoms with E-state index in [1.54, 1.807) is 19.1 Å². The Hall–Kier alpha value is -1.25. The molecule has 138 valence electrons. The van der Waals surface area contributed by atoms with Crippen LogP contribution in [0.2, 0.25) is 5.02 Å². The summed E-state index contributed by atoms with van der Waals surface area (Å²) < 4.78 is 5.85. The van der Waals surface area contributed by atoms with E-state index in [2.05, 4.69) is 10.3 Å². The number of aliphatic hydroxyl groups is 2. The Balaban J connectivity index is 1.52. The lowest BCUT2D eigenvalue weighted by atomic mass is 9.75. The molecule has 2 atom stereocenters. The molecule has 2 aliphatic heterocycles. The van der Waals surface area contributed by atoms with Crippen LogP contribution in [0.25, 0.3) is 0 Å². The van der Waals surface area contributed by atoms with Crippen molar-refractivity contribution in [2.24, 2.45) is 0 Å². The lowest BCUT2D eigenvalue weighted by Gasteiger charge is -2.51. The fraction of sp³-hybridized carbons (Fsp3) is 0.647. The second-order valence-corrected chi connectivity index (χ2v) is 7.55. The number of nitrogens with zero attached hydrogens (tertiary/aromatic N) is 2. The van der Waals surface area contributed by atoms with Crippen LogP contribution in [0.1, 0.15) is 26.2 Å². The molecule has 0 bridgehead atoms. The van der Waals surface area contributed by atoms with Crippen LogP contribution in [0, 0.1) is 0 Å². The van der Waals surface area contributed by atoms with Gasteiger partial charge in [-0.1, -0.05) is 11.6 Å². The number of carbonyl (C=O) groups excluding carboxylic acids is 1. The van der Waals surface area contributed by atoms with Crippen molar-refractivity contribution in [1.82, 2.24) is 9.88 Å². The molecule has 2 fully saturated rings. The van der Waals surface area contributed by atoms with E-state index in [0.29, 0.717) is 49.8 Å². The van der Waals surface area contributed by atoms with Crippen LogP contribution in [-0.2, 0) is 9.53 Å². The van der Waals surface area contributed by atoms with Crippen molar-refractivity contribution in [1.29, 1.82) is 0 Å². The largest absolute Gasteiger partial charge is 0.387 e. The van der Waals surface area contributed by atoms with Crippen molar-refractivity contribution < 1.29 is 19.7 Å². The van der Waals surface area contributed by atoms with E-state index in [1.165, 1.54) is 6.20 Å². The van der Waals surface area contributed by atoms with Crippen LogP contribution < -0.4 is 5.32 Å². The lowest BCUT2D eigenvalue weighted by molar-refractivity contribution is -0.246. The minimum atomic E-state index is -1.13. The maximum absolute atomic E-state index is 12.2. The molecule has 1 aromatic heterocycles. The normalized spacial score (nSPS) is 29.5. The quantitative estimate of drug-likeness (QED) is 0.737. The molecule has 8 heteroatoms. The first-order chi connectivity index (χ1) is 11.8. The number of aromatic nitrogens is 1. The third kappa shape index (κ3) is 4.12. The average Bonchev–Trinajstić information content (AvgIpc) is 2.57. The number of rotatable bonds is 3. The number of aliphatic hydroxyl groups excluding tert-OH is 1. The molecule has 2 aliphatic rings. The highest BCUT2D eigenvalue weighted by Crippen LogP contribution is 2.39. The molecule has 2 saturated heterocycles. The molecule has 3 heterocycles. The zero-order valence-corrected chi connectivity index (χ0v) is 15.0. The molecule has 25 heavy (non-hydrogen) atoms. The summed E-state index contributed by atoms with van der Waals surface area (Å²) in [4.78, 5) is 18.2. The van der Waals surface area contributed by atoms with E-state index in [-0.39, 0.29) is 12.5 Å². The molecule has 3 rings (SSSR count). The summed E-state index contributed by atoms with van der Waals surface area (Å²) in [5, 5.41) is 24.1. The van der Waals surface area contributed by atoms with Crippen molar-refractivity contribution in [3.8, 4) is 0 Å². The molecule has 0 aliphatic carbocycles. The van der Waals surface area contributed by atoms with E-state index in [9.17, 15) is 15.0 Å². The minimum absolute atomic E-state index is 0.150. The summed E-state index contributed by atoms with van der Waals surface area (Å²) in [7, 11) is 0. The smallest absolute Gasteiger partial charge is 0.239 e. The molecule has 1 aromatic rings. The Kier molecular flexibility index (Phi) is 5.31. The van der Waals surface area contributed by atoms with Gasteiger partial charge in [0, 0.05) is 25.7 Å². The van der Waals surface area contributed by atoms with Crippen molar-refractivity contribution in [3.05, 3.63) is 23.4 Å². The second kappa shape index (κ2) is 7.17. The molecule has 1 amide bonds. The van der Waals surface area contributed by atoms with Crippen LogP contribution in [0.15, 0.2) is 18.3 Å². The van der Waals surface area contributed by atoms with Gasteiger partial charge in [-0.15, -0.1) is 0 Å². The van der Waals surface area contributed by atoms with Gasteiger partial charge in [-0.2, -0.15) is 0 Å². The van der Waals surface area contributed by atoms with Gasteiger partial charge in [0.15, 0.2) is 0 Å². The van der Waals surface area contributed by atoms with Crippen LogP contribution >= 0.6 is 11.6 Å². The Bertz CT molecular complexity index is 615. The molecular weight excluding hydrogens is 346 g/mol. The molecule has 1 spiro atoms. The first-order valence-corrected chi connectivity index (χ1v) is 8.87. The molecule has 0 radical (unpaired) electrons. The first-order valence-electron chi connectivity index (χ1n) is 8.49. The van der Waals surface area contributed by atoms with Gasteiger partial charge in [-0.05, 0) is 31.9 Å². The molecule has 0 unspecified atom stereocenters. The number of ether oxygens (including phenoxy) is 1. The van der Waals surface area contributed by atoms with Gasteiger partial charge >= 0.3 is 0 Å².